The van der Waals surface area contributed by atoms with E-state index < -0.39 is 137 Å². The Hall–Kier alpha value is -6.93. The number of cyclic esters (lactones) is 1. The molecule has 1 aromatic heterocycles. The lowest BCUT2D eigenvalue weighted by molar-refractivity contribution is -0.161. The Kier molecular flexibility index (Phi) is 19.9. The molecule has 1 unspecified atom stereocenters. The molecule has 428 valence electrons. The van der Waals surface area contributed by atoms with Crippen molar-refractivity contribution in [1.29, 1.82) is 0 Å². The maximum absolute atomic E-state index is 15.1. The molecule has 2 aliphatic carbocycles. The number of hydrogen-bond acceptors (Lipinski definition) is 16. The summed E-state index contributed by atoms with van der Waals surface area (Å²) in [5, 5.41) is 69.3. The number of esters is 1. The Morgan fingerprint density at radius 1 is 0.823 bits per heavy atom. The van der Waals surface area contributed by atoms with Gasteiger partial charge in [-0.2, -0.15) is 4.73 Å². The summed E-state index contributed by atoms with van der Waals surface area (Å²) >= 11 is 5.98. The molecule has 2 aliphatic heterocycles. The van der Waals surface area contributed by atoms with Crippen molar-refractivity contribution >= 4 is 58.9 Å². The van der Waals surface area contributed by atoms with Crippen molar-refractivity contribution in [2.24, 2.45) is 23.7 Å². The van der Waals surface area contributed by atoms with E-state index in [4.69, 9.17) is 16.3 Å². The van der Waals surface area contributed by atoms with Crippen molar-refractivity contribution in [2.75, 3.05) is 6.54 Å². The first kappa shape index (κ1) is 59.7. The van der Waals surface area contributed by atoms with Gasteiger partial charge in [0.2, 0.25) is 35.4 Å². The molecule has 3 aromatic rings. The Morgan fingerprint density at radius 3 is 2.03 bits per heavy atom. The molecule has 7 rings (SSSR count). The van der Waals surface area contributed by atoms with E-state index in [9.17, 15) is 54.8 Å². The molecule has 0 bridgehead atoms. The van der Waals surface area contributed by atoms with Crippen molar-refractivity contribution in [3.8, 4) is 0 Å². The van der Waals surface area contributed by atoms with Crippen LogP contribution in [-0.4, -0.2) is 150 Å². The van der Waals surface area contributed by atoms with Gasteiger partial charge in [0.05, 0.1) is 0 Å². The smallest absolute Gasteiger partial charge is 0.329 e. The van der Waals surface area contributed by atoms with Gasteiger partial charge in [0.25, 0.3) is 5.91 Å². The Labute approximate surface area is 461 Å². The highest BCUT2D eigenvalue weighted by Crippen LogP contribution is 2.39. The first-order valence-electron chi connectivity index (χ1n) is 26.5. The highest BCUT2D eigenvalue weighted by molar-refractivity contribution is 6.30. The van der Waals surface area contributed by atoms with Crippen LogP contribution in [0.2, 0.25) is 5.15 Å². The molecule has 24 nitrogen and oxygen atoms in total. The zero-order chi connectivity index (χ0) is 57.4. The number of ether oxygens (including phenoxy) is 1. The second-order valence-corrected chi connectivity index (χ2v) is 21.5. The molecule has 7 amide bonds. The standard InChI is InChI=1S/C54H69ClN10O14/c1-6-14-32-22-42-54(73)79-30(5)46(61-49(68)38(24-35-26-41(35)65(77)78)57-50(69)39-19-20-43(55)63(39)74)52(71)58-36(21-31-15-10-8-11-16-31)47(66)56-37(23-34-25-40(34)64(75)76)48(67)60-45(29(4)33-17-12-9-13-18-33)51(70)59-44(28(3)7-2)53(72)62(42)27-32/h6,8-20,28-30,32,34-38,40-42,44-46,74-75,77H,7,21-27H2,1-5H3,(H,56,66)(H,57,69)(H,58,71)(H,59,70)(H,60,67)(H,61,68)/q-2/b14-6-/t28-,29+,30+,32-,34+,35+,36-,37+,38-,40+,41+,42-,44?,45-,46+/m0/s1. The lowest BCUT2D eigenvalue weighted by Gasteiger charge is -2.34. The molecule has 79 heavy (non-hydrogen) atoms. The summed E-state index contributed by atoms with van der Waals surface area (Å²) in [5.74, 6) is -10.3. The van der Waals surface area contributed by atoms with Gasteiger partial charge in [-0.25, -0.2) is 4.79 Å². The Balaban J connectivity index is 1.31. The lowest BCUT2D eigenvalue weighted by atomic mass is 9.91. The number of carbonyl (C=O) groups excluding carboxylic acids is 8. The molecule has 2 aromatic carbocycles. The van der Waals surface area contributed by atoms with Crippen LogP contribution in [0.3, 0.4) is 0 Å². The topological polar surface area (TPSA) is 339 Å². The van der Waals surface area contributed by atoms with Crippen molar-refractivity contribution in [3.05, 3.63) is 117 Å². The summed E-state index contributed by atoms with van der Waals surface area (Å²) in [4.78, 5) is 119. The number of aromatic nitrogens is 1. The average molecular weight is 1120 g/mol. The van der Waals surface area contributed by atoms with E-state index >= 15 is 9.59 Å². The van der Waals surface area contributed by atoms with E-state index in [0.717, 1.165) is 0 Å². The molecule has 3 heterocycles. The number of carbonyl (C=O) groups is 8. The van der Waals surface area contributed by atoms with Gasteiger partial charge in [-0.15, -0.1) is 0 Å². The minimum atomic E-state index is -1.90. The van der Waals surface area contributed by atoms with Crippen LogP contribution >= 0.6 is 11.6 Å². The molecule has 0 spiro atoms. The number of benzene rings is 2. The molecule has 25 heteroatoms. The summed E-state index contributed by atoms with van der Waals surface area (Å²) in [5.41, 5.74) is 0.758. The van der Waals surface area contributed by atoms with Gasteiger partial charge in [-0.1, -0.05) is 112 Å². The first-order valence-corrected chi connectivity index (χ1v) is 26.9. The van der Waals surface area contributed by atoms with Crippen LogP contribution in [-0.2, 0) is 44.7 Å². The summed E-state index contributed by atoms with van der Waals surface area (Å²) in [7, 11) is 0. The van der Waals surface area contributed by atoms with E-state index in [1.165, 1.54) is 24.0 Å². The number of hydrogen-bond donors (Lipinski definition) is 9. The molecular weight excluding hydrogens is 1050 g/mol. The SMILES string of the molecule is C/C=C\[C@H]1C[C@H]2C(=O)O[C@H](C)[C@@H](NC(=O)[C@H](C[C@@H]3C[C@H]3N([O-])O)NC(=O)c3ccc(Cl)n3O)C(=O)N[C@@H](Cc3ccccc3)C(=O)N[C@H](C[C@@H]3C[C@H]3N([O-])O)C(=O)N[C@@H]([C@H](C)c3ccccc3)C(=O)NC([C@@H](C)CC)C(=O)N2C1. The quantitative estimate of drug-likeness (QED) is 0.0406. The summed E-state index contributed by atoms with van der Waals surface area (Å²) < 4.78 is 6.43. The third-order valence-electron chi connectivity index (χ3n) is 15.5. The highest BCUT2D eigenvalue weighted by atomic mass is 35.5. The number of allylic oxidation sites excluding steroid dienone is 1. The summed E-state index contributed by atoms with van der Waals surface area (Å²) in [6.45, 7) is 8.33. The fourth-order valence-corrected chi connectivity index (χ4v) is 10.6. The van der Waals surface area contributed by atoms with Crippen LogP contribution in [0.15, 0.2) is 84.9 Å². The molecule has 15 atom stereocenters. The van der Waals surface area contributed by atoms with Gasteiger partial charge in [0.15, 0.2) is 0 Å². The monoisotopic (exact) mass is 1120 g/mol. The van der Waals surface area contributed by atoms with Crippen molar-refractivity contribution < 1.29 is 58.7 Å². The van der Waals surface area contributed by atoms with Gasteiger partial charge < -0.3 is 67.6 Å². The van der Waals surface area contributed by atoms with Gasteiger partial charge >= 0.3 is 5.97 Å². The first-order chi connectivity index (χ1) is 37.6. The summed E-state index contributed by atoms with van der Waals surface area (Å²) in [6.07, 6.45) is 1.92. The molecule has 2 saturated heterocycles. The van der Waals surface area contributed by atoms with Crippen LogP contribution in [0.4, 0.5) is 0 Å². The van der Waals surface area contributed by atoms with E-state index in [1.54, 1.807) is 87.5 Å². The van der Waals surface area contributed by atoms with Crippen LogP contribution in [0.1, 0.15) is 101 Å². The molecule has 4 aliphatic rings. The number of amides is 7. The Morgan fingerprint density at radius 2 is 1.43 bits per heavy atom. The van der Waals surface area contributed by atoms with Gasteiger partial charge in [-0.3, -0.25) is 44.0 Å². The minimum absolute atomic E-state index is 0.00930. The largest absolute Gasteiger partial charge is 0.762 e. The van der Waals surface area contributed by atoms with Crippen LogP contribution in [0, 0.1) is 34.1 Å². The van der Waals surface area contributed by atoms with Gasteiger partial charge in [0, 0.05) is 31.0 Å². The number of hydroxylamine groups is 4. The maximum Gasteiger partial charge on any atom is 0.329 e. The number of rotatable bonds is 17. The van der Waals surface area contributed by atoms with Crippen LogP contribution in [0.5, 0.6) is 0 Å². The number of nitrogens with zero attached hydrogens (tertiary/aromatic N) is 4. The Bertz CT molecular complexity index is 2710. The highest BCUT2D eigenvalue weighted by Gasteiger charge is 2.48. The van der Waals surface area contributed by atoms with E-state index in [1.807, 2.05) is 13.0 Å². The summed E-state index contributed by atoms with van der Waals surface area (Å²) in [6, 6.07) is 7.19. The predicted octanol–water partition coefficient (Wildman–Crippen LogP) is 2.67. The van der Waals surface area contributed by atoms with Crippen molar-refractivity contribution in [2.45, 2.75) is 146 Å². The van der Waals surface area contributed by atoms with Gasteiger partial charge in [0.1, 0.15) is 59.2 Å². The molecule has 2 saturated carbocycles. The lowest BCUT2D eigenvalue weighted by Crippen LogP contribution is -2.62. The molecule has 9 N–H and O–H groups in total. The zero-order valence-electron chi connectivity index (χ0n) is 44.4. The van der Waals surface area contributed by atoms with Gasteiger partial charge in [-0.05, 0) is 92.9 Å². The minimum Gasteiger partial charge on any atom is -0.762 e. The predicted molar refractivity (Wildman–Crippen MR) is 283 cm³/mol. The second-order valence-electron chi connectivity index (χ2n) is 21.1. The zero-order valence-corrected chi connectivity index (χ0v) is 45.2. The third kappa shape index (κ3) is 14.9. The van der Waals surface area contributed by atoms with Crippen LogP contribution < -0.4 is 31.9 Å². The molecule has 4 fully saturated rings. The van der Waals surface area contributed by atoms with Crippen molar-refractivity contribution in [3.63, 3.8) is 0 Å². The van der Waals surface area contributed by atoms with Crippen LogP contribution in [0.25, 0.3) is 0 Å². The molecule has 0 radical (unpaired) electrons. The fraction of sp³-hybridized carbons (Fsp3) is 0.519. The van der Waals surface area contributed by atoms with E-state index in [0.29, 0.717) is 22.3 Å². The number of halogens is 1. The van der Waals surface area contributed by atoms with E-state index in [2.05, 4.69) is 31.9 Å². The van der Waals surface area contributed by atoms with Crippen molar-refractivity contribution in [1.82, 2.24) is 52.0 Å². The maximum atomic E-state index is 15.1. The normalized spacial score (nSPS) is 29.2. The third-order valence-corrected chi connectivity index (χ3v) is 15.8. The number of nitrogens with one attached hydrogen (secondary N) is 6. The average Bonchev–Trinajstić information content (AvgIpc) is 4.39. The molecular formula is C54H69ClN10O14-2. The second kappa shape index (κ2) is 26.4. The number of fused-ring (bicyclic) bond motifs is 1. The fourth-order valence-electron chi connectivity index (χ4n) is 10.4. The van der Waals surface area contributed by atoms with E-state index in [-0.39, 0.29) is 66.6 Å².